The molecule has 0 fully saturated rings. The molecule has 0 amide bonds. The van der Waals surface area contributed by atoms with E-state index < -0.39 is 0 Å². The van der Waals surface area contributed by atoms with Crippen molar-refractivity contribution >= 4 is 11.4 Å². The average Bonchev–Trinajstić information content (AvgIpc) is 2.43. The van der Waals surface area contributed by atoms with Crippen molar-refractivity contribution < 1.29 is 10.4 Å². The molecule has 98 valence electrons. The zero-order chi connectivity index (χ0) is 13.4. The van der Waals surface area contributed by atoms with Gasteiger partial charge in [-0.2, -0.15) is 0 Å². The molecule has 0 spiro atoms. The summed E-state index contributed by atoms with van der Waals surface area (Å²) in [6.45, 7) is 4.14. The molecule has 0 aliphatic heterocycles. The van der Waals surface area contributed by atoms with E-state index in [1.54, 1.807) is 0 Å². The van der Waals surface area contributed by atoms with Gasteiger partial charge in [0.25, 0.3) is 0 Å². The summed E-state index contributed by atoms with van der Waals surface area (Å²) in [6, 6.07) is 7.72. The highest BCUT2D eigenvalue weighted by Crippen LogP contribution is 2.10. The van der Waals surface area contributed by atoms with Crippen LogP contribution >= 0.6 is 0 Å². The molecule has 1 aromatic rings. The van der Waals surface area contributed by atoms with E-state index in [-0.39, 0.29) is 0 Å². The molecule has 0 saturated carbocycles. The SMILES string of the molecule is CCCCC(=N/O)/C(=N\O)c1ccc(CC)cc1. The van der Waals surface area contributed by atoms with Crippen LogP contribution in [0.5, 0.6) is 0 Å². The quantitative estimate of drug-likeness (QED) is 0.460. The second-order valence-corrected chi connectivity index (χ2v) is 4.15. The first kappa shape index (κ1) is 14.2. The normalized spacial score (nSPS) is 12.8. The Morgan fingerprint density at radius 1 is 1.06 bits per heavy atom. The summed E-state index contributed by atoms with van der Waals surface area (Å²) in [6.07, 6.45) is 3.45. The molecule has 0 heterocycles. The fraction of sp³-hybridized carbons (Fsp3) is 0.429. The minimum atomic E-state index is 0.341. The third-order valence-corrected chi connectivity index (χ3v) is 2.90. The molecule has 1 rings (SSSR count). The average molecular weight is 248 g/mol. The molecule has 4 heteroatoms. The van der Waals surface area contributed by atoms with Crippen molar-refractivity contribution in [3.63, 3.8) is 0 Å². The molecular formula is C14H20N2O2. The van der Waals surface area contributed by atoms with Gasteiger partial charge < -0.3 is 10.4 Å². The lowest BCUT2D eigenvalue weighted by atomic mass is 10.0. The summed E-state index contributed by atoms with van der Waals surface area (Å²) in [7, 11) is 0. The summed E-state index contributed by atoms with van der Waals surface area (Å²) in [4.78, 5) is 0. The van der Waals surface area contributed by atoms with E-state index in [0.717, 1.165) is 24.8 Å². The molecular weight excluding hydrogens is 228 g/mol. The Kier molecular flexibility index (Phi) is 5.91. The van der Waals surface area contributed by atoms with E-state index in [0.29, 0.717) is 17.8 Å². The lowest BCUT2D eigenvalue weighted by molar-refractivity contribution is 0.313. The predicted molar refractivity (Wildman–Crippen MR) is 72.9 cm³/mol. The summed E-state index contributed by atoms with van der Waals surface area (Å²) in [5, 5.41) is 24.6. The first-order valence-electron chi connectivity index (χ1n) is 6.29. The first-order valence-corrected chi connectivity index (χ1v) is 6.29. The Morgan fingerprint density at radius 3 is 2.17 bits per heavy atom. The Labute approximate surface area is 108 Å². The van der Waals surface area contributed by atoms with Crippen LogP contribution in [0.4, 0.5) is 0 Å². The highest BCUT2D eigenvalue weighted by molar-refractivity contribution is 6.48. The molecule has 1 aromatic carbocycles. The van der Waals surface area contributed by atoms with E-state index in [2.05, 4.69) is 24.2 Å². The number of nitrogens with zero attached hydrogens (tertiary/aromatic N) is 2. The fourth-order valence-corrected chi connectivity index (χ4v) is 1.74. The van der Waals surface area contributed by atoms with E-state index >= 15 is 0 Å². The molecule has 0 radical (unpaired) electrons. The number of hydrogen-bond donors (Lipinski definition) is 2. The van der Waals surface area contributed by atoms with Crippen molar-refractivity contribution in [3.8, 4) is 0 Å². The van der Waals surface area contributed by atoms with Crippen LogP contribution in [0, 0.1) is 0 Å². The second kappa shape index (κ2) is 7.48. The van der Waals surface area contributed by atoms with E-state index in [1.807, 2.05) is 24.3 Å². The lowest BCUT2D eigenvalue weighted by Gasteiger charge is -2.07. The first-order chi connectivity index (χ1) is 8.76. The van der Waals surface area contributed by atoms with Gasteiger partial charge in [0.05, 0.1) is 0 Å². The maximum Gasteiger partial charge on any atom is 0.134 e. The van der Waals surface area contributed by atoms with Gasteiger partial charge in [0.1, 0.15) is 11.4 Å². The number of oxime groups is 2. The molecule has 18 heavy (non-hydrogen) atoms. The molecule has 0 unspecified atom stereocenters. The van der Waals surface area contributed by atoms with Gasteiger partial charge in [0, 0.05) is 5.56 Å². The van der Waals surface area contributed by atoms with Crippen LogP contribution in [0.15, 0.2) is 34.6 Å². The van der Waals surface area contributed by atoms with Crippen LogP contribution in [-0.4, -0.2) is 21.8 Å². The molecule has 0 bridgehead atoms. The number of benzene rings is 1. The van der Waals surface area contributed by atoms with Gasteiger partial charge in [-0.25, -0.2) is 0 Å². The highest BCUT2D eigenvalue weighted by atomic mass is 16.4. The maximum absolute atomic E-state index is 9.10. The molecule has 0 saturated heterocycles. The van der Waals surface area contributed by atoms with E-state index in [1.165, 1.54) is 5.56 Å². The van der Waals surface area contributed by atoms with Crippen molar-refractivity contribution in [1.29, 1.82) is 0 Å². The zero-order valence-electron chi connectivity index (χ0n) is 10.9. The maximum atomic E-state index is 9.10. The van der Waals surface area contributed by atoms with Gasteiger partial charge in [-0.05, 0) is 24.8 Å². The minimum Gasteiger partial charge on any atom is -0.411 e. The summed E-state index contributed by atoms with van der Waals surface area (Å²) >= 11 is 0. The molecule has 0 aliphatic carbocycles. The summed E-state index contributed by atoms with van der Waals surface area (Å²) < 4.78 is 0. The smallest absolute Gasteiger partial charge is 0.134 e. The van der Waals surface area contributed by atoms with Gasteiger partial charge in [-0.1, -0.05) is 54.8 Å². The molecule has 0 atom stereocenters. The summed E-state index contributed by atoms with van der Waals surface area (Å²) in [5.74, 6) is 0. The number of rotatable bonds is 6. The standard InChI is InChI=1S/C14H20N2O2/c1-3-5-6-13(15-17)14(16-18)12-9-7-11(4-2)8-10-12/h7-10,17-18H,3-6H2,1-2H3/b15-13-,16-14-. The van der Waals surface area contributed by atoms with Crippen molar-refractivity contribution in [2.45, 2.75) is 39.5 Å². The van der Waals surface area contributed by atoms with Crippen LogP contribution in [0.2, 0.25) is 0 Å². The van der Waals surface area contributed by atoms with Crippen molar-refractivity contribution in [2.24, 2.45) is 10.3 Å². The van der Waals surface area contributed by atoms with Crippen LogP contribution in [0.1, 0.15) is 44.2 Å². The van der Waals surface area contributed by atoms with Gasteiger partial charge >= 0.3 is 0 Å². The van der Waals surface area contributed by atoms with Crippen molar-refractivity contribution in [2.75, 3.05) is 0 Å². The van der Waals surface area contributed by atoms with Crippen LogP contribution in [0.25, 0.3) is 0 Å². The monoisotopic (exact) mass is 248 g/mol. The Hall–Kier alpha value is -1.84. The Morgan fingerprint density at radius 2 is 1.72 bits per heavy atom. The van der Waals surface area contributed by atoms with Crippen molar-refractivity contribution in [1.82, 2.24) is 0 Å². The molecule has 0 aliphatic rings. The topological polar surface area (TPSA) is 65.2 Å². The fourth-order valence-electron chi connectivity index (χ4n) is 1.74. The van der Waals surface area contributed by atoms with Gasteiger partial charge in [-0.15, -0.1) is 0 Å². The van der Waals surface area contributed by atoms with Crippen LogP contribution in [-0.2, 0) is 6.42 Å². The highest BCUT2D eigenvalue weighted by Gasteiger charge is 2.13. The second-order valence-electron chi connectivity index (χ2n) is 4.15. The molecule has 2 N–H and O–H groups in total. The third-order valence-electron chi connectivity index (χ3n) is 2.90. The van der Waals surface area contributed by atoms with Crippen LogP contribution < -0.4 is 0 Å². The van der Waals surface area contributed by atoms with Crippen LogP contribution in [0.3, 0.4) is 0 Å². The van der Waals surface area contributed by atoms with Crippen molar-refractivity contribution in [3.05, 3.63) is 35.4 Å². The number of hydrogen-bond acceptors (Lipinski definition) is 4. The number of aryl methyl sites for hydroxylation is 1. The Balaban J connectivity index is 2.94. The summed E-state index contributed by atoms with van der Waals surface area (Å²) in [5.41, 5.74) is 2.74. The Bertz CT molecular complexity index is 422. The largest absolute Gasteiger partial charge is 0.411 e. The van der Waals surface area contributed by atoms with Gasteiger partial charge in [-0.3, -0.25) is 0 Å². The zero-order valence-corrected chi connectivity index (χ0v) is 10.9. The lowest BCUT2D eigenvalue weighted by Crippen LogP contribution is -2.16. The molecule has 4 nitrogen and oxygen atoms in total. The minimum absolute atomic E-state index is 0.341. The third kappa shape index (κ3) is 3.58. The van der Waals surface area contributed by atoms with Gasteiger partial charge in [0.15, 0.2) is 0 Å². The molecule has 0 aromatic heterocycles. The number of unbranched alkanes of at least 4 members (excludes halogenated alkanes) is 1. The predicted octanol–water partition coefficient (Wildman–Crippen LogP) is 3.45. The van der Waals surface area contributed by atoms with Gasteiger partial charge in [0.2, 0.25) is 0 Å². The van der Waals surface area contributed by atoms with E-state index in [9.17, 15) is 0 Å². The van der Waals surface area contributed by atoms with E-state index in [4.69, 9.17) is 10.4 Å².